The standard InChI is InChI=1S/C17H22N4O2.ClH/c1-10-15-13(17(22)21-7-3-2-4-12(21)9-18)8-14(11-5-6-11)19-16(15)23-20-10;/h8,11-12H,2-7,9,18H2,1H3;1H. The van der Waals surface area contributed by atoms with Crippen molar-refractivity contribution in [1.29, 1.82) is 0 Å². The normalized spacial score (nSPS) is 20.9. The summed E-state index contributed by atoms with van der Waals surface area (Å²) < 4.78 is 5.34. The minimum absolute atomic E-state index is 0. The SMILES string of the molecule is Cc1noc2nc(C3CC3)cc(C(=O)N3CCCCC3CN)c12.Cl. The smallest absolute Gasteiger partial charge is 0.259 e. The van der Waals surface area contributed by atoms with Crippen LogP contribution < -0.4 is 5.73 Å². The van der Waals surface area contributed by atoms with Gasteiger partial charge in [0, 0.05) is 30.7 Å². The molecule has 1 atom stereocenters. The van der Waals surface area contributed by atoms with Crippen LogP contribution in [0.5, 0.6) is 0 Å². The average molecular weight is 351 g/mol. The number of aromatic nitrogens is 2. The fourth-order valence-electron chi connectivity index (χ4n) is 3.54. The number of carbonyl (C=O) groups excluding carboxylic acids is 1. The van der Waals surface area contributed by atoms with Gasteiger partial charge >= 0.3 is 0 Å². The van der Waals surface area contributed by atoms with Crippen LogP contribution in [0.2, 0.25) is 0 Å². The maximum Gasteiger partial charge on any atom is 0.259 e. The van der Waals surface area contributed by atoms with Crippen LogP contribution in [-0.4, -0.2) is 40.1 Å². The highest BCUT2D eigenvalue weighted by Gasteiger charge is 2.32. The van der Waals surface area contributed by atoms with Crippen LogP contribution >= 0.6 is 12.4 Å². The van der Waals surface area contributed by atoms with Gasteiger partial charge in [0.1, 0.15) is 0 Å². The van der Waals surface area contributed by atoms with Crippen LogP contribution in [-0.2, 0) is 0 Å². The zero-order valence-corrected chi connectivity index (χ0v) is 14.6. The van der Waals surface area contributed by atoms with Crippen LogP contribution in [0.15, 0.2) is 10.6 Å². The molecule has 1 amide bonds. The molecule has 2 fully saturated rings. The molecular weight excluding hydrogens is 328 g/mol. The van der Waals surface area contributed by atoms with Crippen molar-refractivity contribution in [2.45, 2.75) is 51.0 Å². The van der Waals surface area contributed by atoms with E-state index >= 15 is 0 Å². The number of rotatable bonds is 3. The van der Waals surface area contributed by atoms with Gasteiger partial charge in [0.15, 0.2) is 0 Å². The van der Waals surface area contributed by atoms with Gasteiger partial charge in [-0.3, -0.25) is 4.79 Å². The van der Waals surface area contributed by atoms with Gasteiger partial charge in [0.25, 0.3) is 11.6 Å². The lowest BCUT2D eigenvalue weighted by Gasteiger charge is -2.35. The van der Waals surface area contributed by atoms with Gasteiger partial charge in [-0.1, -0.05) is 5.16 Å². The van der Waals surface area contributed by atoms with Gasteiger partial charge in [0.2, 0.25) is 0 Å². The molecule has 1 aliphatic heterocycles. The Hall–Kier alpha value is -1.66. The lowest BCUT2D eigenvalue weighted by molar-refractivity contribution is 0.0625. The molecule has 1 saturated carbocycles. The summed E-state index contributed by atoms with van der Waals surface area (Å²) in [4.78, 5) is 19.7. The van der Waals surface area contributed by atoms with Crippen LogP contribution in [0, 0.1) is 6.92 Å². The van der Waals surface area contributed by atoms with Crippen molar-refractivity contribution in [1.82, 2.24) is 15.0 Å². The van der Waals surface area contributed by atoms with Gasteiger partial charge in [-0.05, 0) is 45.1 Å². The third-order valence-electron chi connectivity index (χ3n) is 5.02. The second-order valence-corrected chi connectivity index (χ2v) is 6.70. The van der Waals surface area contributed by atoms with Gasteiger partial charge in [-0.2, -0.15) is 0 Å². The number of halogens is 1. The van der Waals surface area contributed by atoms with Crippen molar-refractivity contribution < 1.29 is 9.32 Å². The first-order chi connectivity index (χ1) is 11.2. The number of nitrogens with zero attached hydrogens (tertiary/aromatic N) is 3. The van der Waals surface area contributed by atoms with E-state index in [4.69, 9.17) is 10.3 Å². The van der Waals surface area contributed by atoms with Crippen LogP contribution in [0.4, 0.5) is 0 Å². The lowest BCUT2D eigenvalue weighted by atomic mass is 9.99. The molecule has 1 unspecified atom stereocenters. The number of likely N-dealkylation sites (tertiary alicyclic amines) is 1. The molecule has 0 bridgehead atoms. The molecule has 6 nitrogen and oxygen atoms in total. The molecule has 2 aliphatic rings. The highest BCUT2D eigenvalue weighted by molar-refractivity contribution is 6.06. The summed E-state index contributed by atoms with van der Waals surface area (Å²) in [7, 11) is 0. The molecule has 1 aliphatic carbocycles. The zero-order valence-electron chi connectivity index (χ0n) is 13.8. The second-order valence-electron chi connectivity index (χ2n) is 6.70. The third kappa shape index (κ3) is 2.89. The van der Waals surface area contributed by atoms with E-state index in [9.17, 15) is 4.79 Å². The Bertz CT molecular complexity index is 756. The molecule has 2 aromatic heterocycles. The molecule has 2 N–H and O–H groups in total. The maximum atomic E-state index is 13.2. The van der Waals surface area contributed by atoms with E-state index in [1.165, 1.54) is 0 Å². The van der Waals surface area contributed by atoms with Crippen molar-refractivity contribution in [3.05, 3.63) is 23.0 Å². The molecule has 4 rings (SSSR count). The van der Waals surface area contributed by atoms with Crippen LogP contribution in [0.1, 0.15) is 59.8 Å². The number of fused-ring (bicyclic) bond motifs is 1. The molecule has 0 spiro atoms. The van der Waals surface area contributed by atoms with E-state index in [0.29, 0.717) is 23.7 Å². The molecular formula is C17H23ClN4O2. The van der Waals surface area contributed by atoms with Gasteiger partial charge in [-0.15, -0.1) is 12.4 Å². The number of pyridine rings is 1. The summed E-state index contributed by atoms with van der Waals surface area (Å²) in [6.07, 6.45) is 5.42. The number of aryl methyl sites for hydroxylation is 1. The molecule has 0 radical (unpaired) electrons. The molecule has 0 aromatic carbocycles. The van der Waals surface area contributed by atoms with E-state index < -0.39 is 0 Å². The second kappa shape index (κ2) is 6.69. The van der Waals surface area contributed by atoms with E-state index in [1.807, 2.05) is 17.9 Å². The molecule has 2 aromatic rings. The number of nitrogens with two attached hydrogens (primary N) is 1. The molecule has 7 heteroatoms. The van der Waals surface area contributed by atoms with Gasteiger partial charge in [0.05, 0.1) is 16.6 Å². The Labute approximate surface area is 147 Å². The summed E-state index contributed by atoms with van der Waals surface area (Å²) in [6.45, 7) is 3.14. The number of hydrogen-bond donors (Lipinski definition) is 1. The summed E-state index contributed by atoms with van der Waals surface area (Å²) in [6, 6.07) is 2.08. The fraction of sp³-hybridized carbons (Fsp3) is 0.588. The summed E-state index contributed by atoms with van der Waals surface area (Å²) >= 11 is 0. The van der Waals surface area contributed by atoms with Gasteiger partial charge in [-0.25, -0.2) is 4.98 Å². The number of carbonyl (C=O) groups is 1. The number of hydrogen-bond acceptors (Lipinski definition) is 5. The van der Waals surface area contributed by atoms with E-state index in [2.05, 4.69) is 10.1 Å². The Morgan fingerprint density at radius 2 is 2.17 bits per heavy atom. The predicted octanol–water partition coefficient (Wildman–Crippen LogP) is 2.78. The Morgan fingerprint density at radius 1 is 1.38 bits per heavy atom. The van der Waals surface area contributed by atoms with Crippen molar-refractivity contribution in [3.63, 3.8) is 0 Å². The zero-order chi connectivity index (χ0) is 16.0. The highest BCUT2D eigenvalue weighted by Crippen LogP contribution is 2.40. The predicted molar refractivity (Wildman–Crippen MR) is 93.5 cm³/mol. The molecule has 24 heavy (non-hydrogen) atoms. The van der Waals surface area contributed by atoms with Crippen molar-refractivity contribution >= 4 is 29.4 Å². The topological polar surface area (TPSA) is 85.2 Å². The number of piperidine rings is 1. The maximum absolute atomic E-state index is 13.2. The lowest BCUT2D eigenvalue weighted by Crippen LogP contribution is -2.47. The Morgan fingerprint density at radius 3 is 2.88 bits per heavy atom. The van der Waals surface area contributed by atoms with Crippen LogP contribution in [0.25, 0.3) is 11.1 Å². The Balaban J connectivity index is 0.00000169. The first-order valence-electron chi connectivity index (χ1n) is 8.47. The Kier molecular flexibility index (Phi) is 4.78. The van der Waals surface area contributed by atoms with Crippen molar-refractivity contribution in [2.24, 2.45) is 5.73 Å². The minimum atomic E-state index is 0. The van der Waals surface area contributed by atoms with Crippen molar-refractivity contribution in [2.75, 3.05) is 13.1 Å². The molecule has 1 saturated heterocycles. The summed E-state index contributed by atoms with van der Waals surface area (Å²) in [5.41, 5.74) is 8.72. The van der Waals surface area contributed by atoms with Crippen molar-refractivity contribution in [3.8, 4) is 0 Å². The van der Waals surface area contributed by atoms with E-state index in [1.54, 1.807) is 0 Å². The van der Waals surface area contributed by atoms with Crippen LogP contribution in [0.3, 0.4) is 0 Å². The third-order valence-corrected chi connectivity index (χ3v) is 5.02. The quantitative estimate of drug-likeness (QED) is 0.919. The van der Waals surface area contributed by atoms with Gasteiger partial charge < -0.3 is 15.2 Å². The minimum Gasteiger partial charge on any atom is -0.336 e. The monoisotopic (exact) mass is 350 g/mol. The largest absolute Gasteiger partial charge is 0.336 e. The average Bonchev–Trinajstić information content (AvgIpc) is 3.37. The van der Waals surface area contributed by atoms with E-state index in [-0.39, 0.29) is 24.4 Å². The summed E-state index contributed by atoms with van der Waals surface area (Å²) in [5.74, 6) is 0.503. The summed E-state index contributed by atoms with van der Waals surface area (Å²) in [5, 5.41) is 4.76. The van der Waals surface area contributed by atoms with E-state index in [0.717, 1.165) is 55.4 Å². The molecule has 130 valence electrons. The number of amides is 1. The highest BCUT2D eigenvalue weighted by atomic mass is 35.5. The molecule has 3 heterocycles. The fourth-order valence-corrected chi connectivity index (χ4v) is 3.54. The first kappa shape index (κ1) is 17.2. The first-order valence-corrected chi connectivity index (χ1v) is 8.47.